The molecule has 340 valence electrons. The van der Waals surface area contributed by atoms with Gasteiger partial charge in [-0.05, 0) is 152 Å². The number of furan rings is 1. The van der Waals surface area contributed by atoms with Crippen molar-refractivity contribution in [3.8, 4) is 22.3 Å². The molecule has 0 amide bonds. The molecule has 0 saturated heterocycles. The lowest BCUT2D eigenvalue weighted by molar-refractivity contribution is 0.669. The van der Waals surface area contributed by atoms with Crippen LogP contribution in [0, 0.1) is 0 Å². The molecule has 0 bridgehead atoms. The minimum Gasteiger partial charge on any atom is -0.456 e. The summed E-state index contributed by atoms with van der Waals surface area (Å²) in [4.78, 5) is 4.93. The van der Waals surface area contributed by atoms with E-state index in [9.17, 15) is 0 Å². The van der Waals surface area contributed by atoms with E-state index in [1.165, 1.54) is 66.2 Å². The molecule has 11 aromatic carbocycles. The molecule has 0 N–H and O–H groups in total. The van der Waals surface area contributed by atoms with Gasteiger partial charge in [-0.15, -0.1) is 0 Å². The van der Waals surface area contributed by atoms with Crippen LogP contribution in [-0.4, -0.2) is 0 Å². The number of hydrogen-bond donors (Lipinski definition) is 0. The summed E-state index contributed by atoms with van der Waals surface area (Å²) in [6.45, 7) is 0. The molecule has 1 heterocycles. The molecule has 0 spiro atoms. The predicted octanol–water partition coefficient (Wildman–Crippen LogP) is 18.8. The third-order valence-electron chi connectivity index (χ3n) is 15.1. The summed E-state index contributed by atoms with van der Waals surface area (Å²) in [5.74, 6) is 0. The Kier molecular flexibility index (Phi) is 9.89. The Morgan fingerprint density at radius 1 is 0.375 bits per heavy atom. The van der Waals surface area contributed by atoms with Crippen molar-refractivity contribution in [2.75, 3.05) is 9.80 Å². The molecule has 0 atom stereocenters. The highest BCUT2D eigenvalue weighted by Gasteiger charge is 2.46. The van der Waals surface area contributed by atoms with Crippen molar-refractivity contribution in [1.29, 1.82) is 0 Å². The lowest BCUT2D eigenvalue weighted by Crippen LogP contribution is -2.28. The molecule has 0 fully saturated rings. The van der Waals surface area contributed by atoms with Gasteiger partial charge in [0.1, 0.15) is 11.2 Å². The van der Waals surface area contributed by atoms with Crippen LogP contribution in [0.25, 0.3) is 65.7 Å². The fourth-order valence-electron chi connectivity index (χ4n) is 12.2. The molecule has 12 aromatic rings. The Hall–Kier alpha value is -9.18. The minimum atomic E-state index is -0.543. The monoisotopic (exact) mass is 920 g/mol. The van der Waals surface area contributed by atoms with E-state index in [4.69, 9.17) is 4.42 Å². The first-order chi connectivity index (χ1) is 35.7. The second-order valence-electron chi connectivity index (χ2n) is 19.0. The quantitative estimate of drug-likeness (QED) is 0.135. The number of para-hydroxylation sites is 3. The van der Waals surface area contributed by atoms with Crippen molar-refractivity contribution in [2.24, 2.45) is 0 Å². The second kappa shape index (κ2) is 17.0. The van der Waals surface area contributed by atoms with Crippen molar-refractivity contribution in [3.63, 3.8) is 0 Å². The number of hydrogen-bond acceptors (Lipinski definition) is 3. The Morgan fingerprint density at radius 2 is 0.972 bits per heavy atom. The number of allylic oxidation sites excluding steroid dienone is 4. The summed E-state index contributed by atoms with van der Waals surface area (Å²) in [5.41, 5.74) is 17.9. The van der Waals surface area contributed by atoms with Crippen LogP contribution in [0.4, 0.5) is 28.4 Å². The summed E-state index contributed by atoms with van der Waals surface area (Å²) in [6, 6.07) is 91.4. The van der Waals surface area contributed by atoms with Gasteiger partial charge < -0.3 is 14.2 Å². The highest BCUT2D eigenvalue weighted by atomic mass is 16.3. The summed E-state index contributed by atoms with van der Waals surface area (Å²) in [6.07, 6.45) is 8.70. The van der Waals surface area contributed by atoms with Gasteiger partial charge in [0.15, 0.2) is 0 Å². The van der Waals surface area contributed by atoms with E-state index < -0.39 is 5.41 Å². The minimum absolute atomic E-state index is 0.543. The van der Waals surface area contributed by atoms with Gasteiger partial charge >= 0.3 is 0 Å². The molecule has 3 heteroatoms. The van der Waals surface area contributed by atoms with Crippen LogP contribution >= 0.6 is 0 Å². The maximum atomic E-state index is 6.53. The van der Waals surface area contributed by atoms with E-state index in [0.29, 0.717) is 0 Å². The molecular weight excluding hydrogens is 873 g/mol. The SMILES string of the molecule is C1=CCCC(N(c2ccccc2)c2cccc3cc(-c4cccc5oc6ccccc6c45)c4ccc(N(c5ccccc5)c5cccc(C6(c7ccccc7)c7ccccc7-c7ccccc76)c5)cc4c23)=C1. The molecule has 0 saturated carbocycles. The molecule has 72 heavy (non-hydrogen) atoms. The van der Waals surface area contributed by atoms with Crippen molar-refractivity contribution >= 4 is 71.9 Å². The van der Waals surface area contributed by atoms with E-state index in [1.807, 2.05) is 0 Å². The number of fused-ring (bicyclic) bond motifs is 9. The molecule has 0 aliphatic heterocycles. The average Bonchev–Trinajstić information content (AvgIpc) is 3.99. The lowest BCUT2D eigenvalue weighted by atomic mass is 9.67. The molecule has 0 unspecified atom stereocenters. The summed E-state index contributed by atoms with van der Waals surface area (Å²) >= 11 is 0. The van der Waals surface area contributed by atoms with Crippen molar-refractivity contribution in [3.05, 3.63) is 295 Å². The van der Waals surface area contributed by atoms with Crippen LogP contribution in [0.3, 0.4) is 0 Å². The average molecular weight is 921 g/mol. The van der Waals surface area contributed by atoms with Crippen LogP contribution in [0.5, 0.6) is 0 Å². The fraction of sp³-hybridized carbons (Fsp3) is 0.0435. The molecule has 2 aliphatic carbocycles. The van der Waals surface area contributed by atoms with Crippen LogP contribution in [0.15, 0.2) is 277 Å². The number of anilines is 5. The van der Waals surface area contributed by atoms with Crippen LogP contribution in [0.1, 0.15) is 35.1 Å². The zero-order chi connectivity index (χ0) is 47.6. The van der Waals surface area contributed by atoms with Crippen molar-refractivity contribution in [2.45, 2.75) is 18.3 Å². The summed E-state index contributed by atoms with van der Waals surface area (Å²) in [5, 5.41) is 6.96. The maximum Gasteiger partial charge on any atom is 0.136 e. The zero-order valence-corrected chi connectivity index (χ0v) is 39.6. The first-order valence-electron chi connectivity index (χ1n) is 25.1. The Bertz CT molecular complexity index is 4070. The molecule has 3 nitrogen and oxygen atoms in total. The van der Waals surface area contributed by atoms with E-state index >= 15 is 0 Å². The predicted molar refractivity (Wildman–Crippen MR) is 301 cm³/mol. The third kappa shape index (κ3) is 6.51. The standard InChI is InChI=1S/C69H48N2O/c1-5-23-48(24-6-1)69(62-37-16-13-33-56(62)57-34-14-17-38-63(57)69)49-25-20-32-53(45-49)70(50-26-7-2-8-27-50)54-42-43-55-60(58-36-21-41-66-68(58)59-35-15-18-40-65(59)72-66)44-47-22-19-39-64(67(47)61(55)46-54)71(51-28-9-3-10-29-51)52-30-11-4-12-31-52/h1-11,13-30,32-46H,12,31H2. The van der Waals surface area contributed by atoms with Gasteiger partial charge in [-0.3, -0.25) is 0 Å². The number of rotatable bonds is 9. The molecule has 0 radical (unpaired) electrons. The third-order valence-corrected chi connectivity index (χ3v) is 15.1. The molecule has 1 aromatic heterocycles. The summed E-state index contributed by atoms with van der Waals surface area (Å²) < 4.78 is 6.53. The van der Waals surface area contributed by atoms with E-state index in [-0.39, 0.29) is 0 Å². The number of benzene rings is 11. The van der Waals surface area contributed by atoms with Gasteiger partial charge in [-0.1, -0.05) is 188 Å². The van der Waals surface area contributed by atoms with Crippen LogP contribution < -0.4 is 9.80 Å². The van der Waals surface area contributed by atoms with Gasteiger partial charge in [0.2, 0.25) is 0 Å². The van der Waals surface area contributed by atoms with Gasteiger partial charge in [-0.2, -0.15) is 0 Å². The zero-order valence-electron chi connectivity index (χ0n) is 39.6. The van der Waals surface area contributed by atoms with E-state index in [1.54, 1.807) is 0 Å². The first kappa shape index (κ1) is 41.8. The highest BCUT2D eigenvalue weighted by Crippen LogP contribution is 2.57. The number of nitrogens with zero attached hydrogens (tertiary/aromatic N) is 2. The van der Waals surface area contributed by atoms with Gasteiger partial charge in [0.05, 0.1) is 11.1 Å². The smallest absolute Gasteiger partial charge is 0.136 e. The summed E-state index contributed by atoms with van der Waals surface area (Å²) in [7, 11) is 0. The molecule has 14 rings (SSSR count). The maximum absolute atomic E-state index is 6.53. The largest absolute Gasteiger partial charge is 0.456 e. The van der Waals surface area contributed by atoms with Gasteiger partial charge in [0.25, 0.3) is 0 Å². The fourth-order valence-corrected chi connectivity index (χ4v) is 12.2. The topological polar surface area (TPSA) is 19.6 Å². The van der Waals surface area contributed by atoms with E-state index in [2.05, 4.69) is 277 Å². The van der Waals surface area contributed by atoms with Crippen LogP contribution in [0.2, 0.25) is 0 Å². The first-order valence-corrected chi connectivity index (χ1v) is 25.1. The lowest BCUT2D eigenvalue weighted by Gasteiger charge is -2.35. The van der Waals surface area contributed by atoms with Crippen molar-refractivity contribution < 1.29 is 4.42 Å². The Labute approximate surface area is 419 Å². The highest BCUT2D eigenvalue weighted by molar-refractivity contribution is 6.23. The normalized spacial score (nSPS) is 13.6. The Morgan fingerprint density at radius 3 is 1.72 bits per heavy atom. The molecular formula is C69H48N2O. The van der Waals surface area contributed by atoms with Gasteiger partial charge in [0, 0.05) is 44.6 Å². The second-order valence-corrected chi connectivity index (χ2v) is 19.0. The molecule has 2 aliphatic rings. The van der Waals surface area contributed by atoms with Crippen LogP contribution in [-0.2, 0) is 5.41 Å². The van der Waals surface area contributed by atoms with Gasteiger partial charge in [-0.25, -0.2) is 0 Å². The van der Waals surface area contributed by atoms with E-state index in [0.717, 1.165) is 68.8 Å². The Balaban J connectivity index is 1.05. The van der Waals surface area contributed by atoms with Crippen molar-refractivity contribution in [1.82, 2.24) is 0 Å².